The van der Waals surface area contributed by atoms with Crippen molar-refractivity contribution in [3.8, 4) is 0 Å². The minimum Gasteiger partial charge on any atom is -0.396 e. The molecule has 98 valence electrons. The van der Waals surface area contributed by atoms with Gasteiger partial charge in [0.2, 0.25) is 0 Å². The van der Waals surface area contributed by atoms with Crippen molar-refractivity contribution in [3.63, 3.8) is 0 Å². The first kappa shape index (κ1) is 12.9. The second-order valence-corrected chi connectivity index (χ2v) is 4.97. The molecular weight excluding hydrogens is 256 g/mol. The zero-order valence-electron chi connectivity index (χ0n) is 10.4. The van der Waals surface area contributed by atoms with Gasteiger partial charge in [-0.1, -0.05) is 11.8 Å². The minimum atomic E-state index is -0.399. The summed E-state index contributed by atoms with van der Waals surface area (Å²) in [6.07, 6.45) is 0. The van der Waals surface area contributed by atoms with Crippen molar-refractivity contribution in [1.82, 2.24) is 18.7 Å². The molecule has 1 N–H and O–H groups in total. The maximum atomic E-state index is 12.0. The van der Waals surface area contributed by atoms with E-state index >= 15 is 0 Å². The summed E-state index contributed by atoms with van der Waals surface area (Å²) >= 11 is 1.34. The smallest absolute Gasteiger partial charge is 0.332 e. The Morgan fingerprint density at radius 1 is 1.17 bits per heavy atom. The van der Waals surface area contributed by atoms with Crippen LogP contribution in [0.25, 0.3) is 11.2 Å². The van der Waals surface area contributed by atoms with Crippen LogP contribution in [0.2, 0.25) is 0 Å². The van der Waals surface area contributed by atoms with Gasteiger partial charge in [0.05, 0.1) is 6.61 Å². The van der Waals surface area contributed by atoms with Gasteiger partial charge in [0.15, 0.2) is 16.3 Å². The average Bonchev–Trinajstić information content (AvgIpc) is 2.69. The summed E-state index contributed by atoms with van der Waals surface area (Å²) < 4.78 is 4.06. The molecule has 0 radical (unpaired) electrons. The summed E-state index contributed by atoms with van der Waals surface area (Å²) in [5.41, 5.74) is -0.00524. The number of imidazole rings is 1. The third-order valence-corrected chi connectivity index (χ3v) is 3.77. The van der Waals surface area contributed by atoms with Crippen molar-refractivity contribution in [2.45, 2.75) is 5.16 Å². The van der Waals surface area contributed by atoms with E-state index in [1.165, 1.54) is 23.4 Å². The van der Waals surface area contributed by atoms with Gasteiger partial charge in [-0.2, -0.15) is 0 Å². The molecule has 2 heterocycles. The number of aromatic nitrogens is 4. The molecule has 0 saturated heterocycles. The van der Waals surface area contributed by atoms with Gasteiger partial charge in [-0.3, -0.25) is 13.9 Å². The van der Waals surface area contributed by atoms with Crippen molar-refractivity contribution < 1.29 is 5.11 Å². The Balaban J connectivity index is 2.80. The quantitative estimate of drug-likeness (QED) is 0.728. The highest BCUT2D eigenvalue weighted by molar-refractivity contribution is 7.99. The molecule has 0 saturated carbocycles. The van der Waals surface area contributed by atoms with Gasteiger partial charge < -0.3 is 9.67 Å². The van der Waals surface area contributed by atoms with E-state index in [1.807, 2.05) is 0 Å². The highest BCUT2D eigenvalue weighted by Gasteiger charge is 2.16. The van der Waals surface area contributed by atoms with E-state index in [9.17, 15) is 9.59 Å². The Morgan fingerprint density at radius 2 is 1.83 bits per heavy atom. The Bertz CT molecular complexity index is 712. The van der Waals surface area contributed by atoms with Gasteiger partial charge in [0, 0.05) is 26.9 Å². The lowest BCUT2D eigenvalue weighted by Gasteiger charge is -2.03. The lowest BCUT2D eigenvalue weighted by atomic mass is 10.5. The largest absolute Gasteiger partial charge is 0.396 e. The van der Waals surface area contributed by atoms with Crippen molar-refractivity contribution in [3.05, 3.63) is 20.8 Å². The van der Waals surface area contributed by atoms with Crippen LogP contribution in [0.4, 0.5) is 0 Å². The minimum absolute atomic E-state index is 0.0326. The molecule has 2 aromatic rings. The molecule has 0 bridgehead atoms. The van der Waals surface area contributed by atoms with Crippen LogP contribution in [0.5, 0.6) is 0 Å². The lowest BCUT2D eigenvalue weighted by Crippen LogP contribution is -2.37. The zero-order chi connectivity index (χ0) is 13.4. The maximum Gasteiger partial charge on any atom is 0.332 e. The molecule has 18 heavy (non-hydrogen) atoms. The van der Waals surface area contributed by atoms with Crippen LogP contribution in [0.3, 0.4) is 0 Å². The molecule has 0 atom stereocenters. The van der Waals surface area contributed by atoms with Crippen molar-refractivity contribution in [2.75, 3.05) is 12.4 Å². The van der Waals surface area contributed by atoms with E-state index < -0.39 is 5.69 Å². The molecule has 0 spiro atoms. The van der Waals surface area contributed by atoms with Crippen LogP contribution in [0, 0.1) is 0 Å². The van der Waals surface area contributed by atoms with Crippen LogP contribution in [-0.2, 0) is 21.1 Å². The van der Waals surface area contributed by atoms with Crippen LogP contribution >= 0.6 is 11.8 Å². The molecule has 0 amide bonds. The van der Waals surface area contributed by atoms with Gasteiger partial charge in [-0.15, -0.1) is 0 Å². The van der Waals surface area contributed by atoms with Crippen LogP contribution in [0.1, 0.15) is 0 Å². The maximum absolute atomic E-state index is 12.0. The first-order valence-corrected chi connectivity index (χ1v) is 6.33. The van der Waals surface area contributed by atoms with E-state index in [4.69, 9.17) is 5.11 Å². The molecule has 0 aromatic carbocycles. The van der Waals surface area contributed by atoms with E-state index in [1.54, 1.807) is 18.7 Å². The average molecular weight is 270 g/mol. The second-order valence-electron chi connectivity index (χ2n) is 3.90. The summed E-state index contributed by atoms with van der Waals surface area (Å²) in [6.45, 7) is 0.0326. The highest BCUT2D eigenvalue weighted by Crippen LogP contribution is 2.19. The van der Waals surface area contributed by atoms with Gasteiger partial charge in [0.25, 0.3) is 5.56 Å². The first-order chi connectivity index (χ1) is 8.49. The third-order valence-electron chi connectivity index (χ3n) is 2.76. The van der Waals surface area contributed by atoms with E-state index in [2.05, 4.69) is 4.98 Å². The normalized spacial score (nSPS) is 11.3. The van der Waals surface area contributed by atoms with Crippen molar-refractivity contribution in [1.29, 1.82) is 0 Å². The monoisotopic (exact) mass is 270 g/mol. The number of rotatable bonds is 3. The fourth-order valence-electron chi connectivity index (χ4n) is 1.76. The number of aliphatic hydroxyl groups is 1. The molecule has 0 fully saturated rings. The molecule has 2 rings (SSSR count). The summed E-state index contributed by atoms with van der Waals surface area (Å²) in [6, 6.07) is 0. The van der Waals surface area contributed by atoms with Crippen molar-refractivity contribution >= 4 is 22.9 Å². The molecule has 8 heteroatoms. The van der Waals surface area contributed by atoms with E-state index in [-0.39, 0.29) is 12.2 Å². The zero-order valence-corrected chi connectivity index (χ0v) is 11.2. The van der Waals surface area contributed by atoms with E-state index in [0.717, 1.165) is 4.57 Å². The Kier molecular flexibility index (Phi) is 3.31. The van der Waals surface area contributed by atoms with Crippen LogP contribution in [0.15, 0.2) is 14.7 Å². The Morgan fingerprint density at radius 3 is 2.44 bits per heavy atom. The fraction of sp³-hybridized carbons (Fsp3) is 0.500. The standard InChI is InChI=1S/C10H14N4O3S/c1-12-6-7(11-9(12)18-5-4-15)13(2)10(17)14(3)8(6)16/h15H,4-5H2,1-3H3. The highest BCUT2D eigenvalue weighted by atomic mass is 32.2. The number of fused-ring (bicyclic) bond motifs is 1. The molecular formula is C10H14N4O3S. The molecule has 0 unspecified atom stereocenters. The molecule has 0 aliphatic rings. The number of nitrogens with zero attached hydrogens (tertiary/aromatic N) is 4. The molecule has 2 aromatic heterocycles. The SMILES string of the molecule is Cn1c(=O)c2c(nc(SCCO)n2C)n(C)c1=O. The molecule has 0 aliphatic carbocycles. The Labute approximate surface area is 107 Å². The number of hydrogen-bond acceptors (Lipinski definition) is 5. The lowest BCUT2D eigenvalue weighted by molar-refractivity contribution is 0.322. The van der Waals surface area contributed by atoms with Crippen LogP contribution in [-0.4, -0.2) is 36.2 Å². The predicted octanol–water partition coefficient (Wildman–Crippen LogP) is -0.945. The topological polar surface area (TPSA) is 82.1 Å². The molecule has 0 aliphatic heterocycles. The second kappa shape index (κ2) is 4.62. The van der Waals surface area contributed by atoms with Gasteiger partial charge >= 0.3 is 5.69 Å². The van der Waals surface area contributed by atoms with Gasteiger partial charge in [-0.05, 0) is 0 Å². The number of aryl methyl sites for hydroxylation is 2. The van der Waals surface area contributed by atoms with Crippen molar-refractivity contribution in [2.24, 2.45) is 21.1 Å². The summed E-state index contributed by atoms with van der Waals surface area (Å²) in [5, 5.41) is 9.42. The number of aliphatic hydroxyl groups excluding tert-OH is 1. The summed E-state index contributed by atoms with van der Waals surface area (Å²) in [7, 11) is 4.75. The fourth-order valence-corrected chi connectivity index (χ4v) is 2.47. The van der Waals surface area contributed by atoms with Crippen LogP contribution < -0.4 is 11.2 Å². The van der Waals surface area contributed by atoms with Gasteiger partial charge in [0.1, 0.15) is 0 Å². The Hall–Kier alpha value is -1.54. The third kappa shape index (κ3) is 1.77. The number of thioether (sulfide) groups is 1. The summed E-state index contributed by atoms with van der Waals surface area (Å²) in [4.78, 5) is 28.1. The summed E-state index contributed by atoms with van der Waals surface area (Å²) in [5.74, 6) is 0.491. The molecule has 7 nitrogen and oxygen atoms in total. The first-order valence-electron chi connectivity index (χ1n) is 5.35. The van der Waals surface area contributed by atoms with E-state index in [0.29, 0.717) is 22.1 Å². The van der Waals surface area contributed by atoms with Gasteiger partial charge in [-0.25, -0.2) is 9.78 Å². The predicted molar refractivity (Wildman–Crippen MR) is 69.0 cm³/mol. The number of hydrogen-bond donors (Lipinski definition) is 1.